The number of para-hydroxylation sites is 1. The maximum absolute atomic E-state index is 5.86. The molecule has 104 valence electrons. The first-order valence-electron chi connectivity index (χ1n) is 7.02. The van der Waals surface area contributed by atoms with Gasteiger partial charge in [-0.1, -0.05) is 32.0 Å². The largest absolute Gasteiger partial charge is 0.360 e. The van der Waals surface area contributed by atoms with Crippen molar-refractivity contribution in [2.24, 2.45) is 11.7 Å². The smallest absolute Gasteiger partial charge is 0.111 e. The number of aromatic nitrogens is 3. The predicted octanol–water partition coefficient (Wildman–Crippen LogP) is 3.26. The van der Waals surface area contributed by atoms with Gasteiger partial charge in [0.05, 0.1) is 11.9 Å². The highest BCUT2D eigenvalue weighted by atomic mass is 14.9. The first-order valence-corrected chi connectivity index (χ1v) is 7.02. The molecule has 1 atom stereocenters. The molecule has 1 unspecified atom stereocenters. The summed E-state index contributed by atoms with van der Waals surface area (Å²) in [6, 6.07) is 8.27. The van der Waals surface area contributed by atoms with Gasteiger partial charge in [0.2, 0.25) is 0 Å². The molecular formula is C16H20N4. The summed E-state index contributed by atoms with van der Waals surface area (Å²) in [4.78, 5) is 11.2. The van der Waals surface area contributed by atoms with Crippen molar-refractivity contribution in [2.75, 3.05) is 6.54 Å². The van der Waals surface area contributed by atoms with Gasteiger partial charge in [-0.15, -0.1) is 0 Å². The van der Waals surface area contributed by atoms with E-state index in [1.54, 1.807) is 0 Å². The van der Waals surface area contributed by atoms with Gasteiger partial charge in [-0.2, -0.15) is 0 Å². The van der Waals surface area contributed by atoms with E-state index in [2.05, 4.69) is 40.9 Å². The summed E-state index contributed by atoms with van der Waals surface area (Å²) >= 11 is 0. The van der Waals surface area contributed by atoms with Crippen molar-refractivity contribution in [1.29, 1.82) is 0 Å². The highest BCUT2D eigenvalue weighted by Crippen LogP contribution is 2.29. The topological polar surface area (TPSA) is 70.5 Å². The zero-order valence-corrected chi connectivity index (χ0v) is 11.9. The van der Waals surface area contributed by atoms with Crippen molar-refractivity contribution >= 4 is 10.9 Å². The van der Waals surface area contributed by atoms with Gasteiger partial charge in [-0.3, -0.25) is 0 Å². The number of nitrogens with two attached hydrogens (primary N) is 1. The molecule has 0 aliphatic rings. The third-order valence-corrected chi connectivity index (χ3v) is 3.88. The molecule has 0 saturated heterocycles. The number of H-pyrrole nitrogens is 2. The average Bonchev–Trinajstić information content (AvgIpc) is 3.05. The Labute approximate surface area is 118 Å². The molecular weight excluding hydrogens is 248 g/mol. The lowest BCUT2D eigenvalue weighted by molar-refractivity contribution is 0.487. The van der Waals surface area contributed by atoms with E-state index in [0.717, 1.165) is 22.6 Å². The van der Waals surface area contributed by atoms with Crippen molar-refractivity contribution in [3.05, 3.63) is 42.5 Å². The molecule has 4 N–H and O–H groups in total. The van der Waals surface area contributed by atoms with Gasteiger partial charge >= 0.3 is 0 Å². The number of benzene rings is 1. The number of fused-ring (bicyclic) bond motifs is 1. The Morgan fingerprint density at radius 2 is 2.05 bits per heavy atom. The quantitative estimate of drug-likeness (QED) is 0.679. The number of hydrogen-bond donors (Lipinski definition) is 3. The molecule has 0 amide bonds. The molecule has 3 rings (SSSR count). The van der Waals surface area contributed by atoms with E-state index >= 15 is 0 Å². The summed E-state index contributed by atoms with van der Waals surface area (Å²) in [5, 5.41) is 1.21. The number of hydrogen-bond acceptors (Lipinski definition) is 2. The van der Waals surface area contributed by atoms with Crippen LogP contribution in [0, 0.1) is 5.92 Å². The lowest BCUT2D eigenvalue weighted by Crippen LogP contribution is -2.19. The van der Waals surface area contributed by atoms with E-state index in [-0.39, 0.29) is 5.92 Å². The van der Waals surface area contributed by atoms with Crippen LogP contribution in [-0.2, 0) is 0 Å². The second-order valence-electron chi connectivity index (χ2n) is 5.52. The second kappa shape index (κ2) is 5.13. The molecule has 0 aliphatic heterocycles. The number of rotatable bonds is 4. The number of imidazole rings is 1. The fraction of sp³-hybridized carbons (Fsp3) is 0.312. The van der Waals surface area contributed by atoms with Crippen LogP contribution in [0.2, 0.25) is 0 Å². The molecule has 2 heterocycles. The van der Waals surface area contributed by atoms with E-state index in [1.165, 1.54) is 5.39 Å². The summed E-state index contributed by atoms with van der Waals surface area (Å²) in [6.07, 6.45) is 3.92. The molecule has 0 spiro atoms. The van der Waals surface area contributed by atoms with Crippen LogP contribution in [0.3, 0.4) is 0 Å². The summed E-state index contributed by atoms with van der Waals surface area (Å²) in [5.74, 6) is 1.72. The molecule has 0 aliphatic carbocycles. The Morgan fingerprint density at radius 3 is 2.80 bits per heavy atom. The number of nitrogens with zero attached hydrogens (tertiary/aromatic N) is 1. The molecule has 3 aromatic rings. The number of nitrogens with one attached hydrogen (secondary N) is 2. The van der Waals surface area contributed by atoms with Crippen molar-refractivity contribution in [3.8, 4) is 11.3 Å². The van der Waals surface area contributed by atoms with Gasteiger partial charge < -0.3 is 15.7 Å². The third-order valence-electron chi connectivity index (χ3n) is 3.88. The Hall–Kier alpha value is -2.07. The third kappa shape index (κ3) is 2.12. The maximum atomic E-state index is 5.86. The van der Waals surface area contributed by atoms with Crippen LogP contribution in [0.4, 0.5) is 0 Å². The molecule has 20 heavy (non-hydrogen) atoms. The van der Waals surface area contributed by atoms with E-state index < -0.39 is 0 Å². The van der Waals surface area contributed by atoms with Crippen molar-refractivity contribution in [2.45, 2.75) is 19.8 Å². The predicted molar refractivity (Wildman–Crippen MR) is 82.5 cm³/mol. The van der Waals surface area contributed by atoms with Gasteiger partial charge in [0.25, 0.3) is 0 Å². The fourth-order valence-electron chi connectivity index (χ4n) is 2.66. The molecule has 1 aromatic carbocycles. The van der Waals surface area contributed by atoms with Gasteiger partial charge in [0.15, 0.2) is 0 Å². The summed E-state index contributed by atoms with van der Waals surface area (Å²) in [5.41, 5.74) is 9.19. The zero-order chi connectivity index (χ0) is 14.1. The van der Waals surface area contributed by atoms with E-state index in [9.17, 15) is 0 Å². The van der Waals surface area contributed by atoms with Gasteiger partial charge in [-0.25, -0.2) is 4.98 Å². The first-order chi connectivity index (χ1) is 9.70. The molecule has 0 bridgehead atoms. The zero-order valence-electron chi connectivity index (χ0n) is 11.9. The van der Waals surface area contributed by atoms with E-state index in [1.807, 2.05) is 24.5 Å². The van der Waals surface area contributed by atoms with Gasteiger partial charge in [0, 0.05) is 35.1 Å². The van der Waals surface area contributed by atoms with Crippen LogP contribution >= 0.6 is 0 Å². The molecule has 0 radical (unpaired) electrons. The second-order valence-corrected chi connectivity index (χ2v) is 5.52. The minimum absolute atomic E-state index is 0.272. The lowest BCUT2D eigenvalue weighted by atomic mass is 9.95. The Bertz CT molecular complexity index is 708. The van der Waals surface area contributed by atoms with Gasteiger partial charge in [-0.05, 0) is 12.0 Å². The molecule has 2 aromatic heterocycles. The summed E-state index contributed by atoms with van der Waals surface area (Å²) < 4.78 is 0. The van der Waals surface area contributed by atoms with Crippen LogP contribution in [0.15, 0.2) is 36.7 Å². The van der Waals surface area contributed by atoms with Crippen LogP contribution in [0.5, 0.6) is 0 Å². The normalized spacial score (nSPS) is 13.2. The number of aromatic amines is 2. The first kappa shape index (κ1) is 12.9. The van der Waals surface area contributed by atoms with E-state index in [0.29, 0.717) is 12.5 Å². The summed E-state index contributed by atoms with van der Waals surface area (Å²) in [6.45, 7) is 4.95. The van der Waals surface area contributed by atoms with Crippen molar-refractivity contribution in [1.82, 2.24) is 15.0 Å². The highest BCUT2D eigenvalue weighted by Gasteiger charge is 2.18. The lowest BCUT2D eigenvalue weighted by Gasteiger charge is -2.15. The fourth-order valence-corrected chi connectivity index (χ4v) is 2.66. The average molecular weight is 268 g/mol. The van der Waals surface area contributed by atoms with Crippen molar-refractivity contribution in [3.63, 3.8) is 0 Å². The minimum Gasteiger partial charge on any atom is -0.360 e. The SMILES string of the molecule is CC(C)C(CN)c1ncc(-c2c[nH]c3ccccc23)[nH]1. The van der Waals surface area contributed by atoms with E-state index in [4.69, 9.17) is 5.73 Å². The van der Waals surface area contributed by atoms with Crippen molar-refractivity contribution < 1.29 is 0 Å². The Kier molecular flexibility index (Phi) is 3.32. The van der Waals surface area contributed by atoms with Gasteiger partial charge in [0.1, 0.15) is 5.82 Å². The van der Waals surface area contributed by atoms with Crippen LogP contribution < -0.4 is 5.73 Å². The molecule has 0 saturated carbocycles. The molecule has 4 heteroatoms. The van der Waals surface area contributed by atoms with Crippen LogP contribution in [0.1, 0.15) is 25.6 Å². The highest BCUT2D eigenvalue weighted by molar-refractivity contribution is 5.94. The standard InChI is InChI=1S/C16H20N4/c1-10(2)12(7-17)16-19-9-15(20-16)13-8-18-14-6-4-3-5-11(13)14/h3-6,8-10,12,18H,7,17H2,1-2H3,(H,19,20). The van der Waals surface area contributed by atoms with Crippen LogP contribution in [0.25, 0.3) is 22.2 Å². The van der Waals surface area contributed by atoms with Crippen LogP contribution in [-0.4, -0.2) is 21.5 Å². The maximum Gasteiger partial charge on any atom is 0.111 e. The Balaban J connectivity index is 2.01. The summed E-state index contributed by atoms with van der Waals surface area (Å²) in [7, 11) is 0. The Morgan fingerprint density at radius 1 is 1.25 bits per heavy atom. The monoisotopic (exact) mass is 268 g/mol. The molecule has 0 fully saturated rings. The molecule has 4 nitrogen and oxygen atoms in total. The minimum atomic E-state index is 0.272.